The van der Waals surface area contributed by atoms with Gasteiger partial charge in [-0.2, -0.15) is 4.31 Å². The molecule has 1 saturated carbocycles. The Morgan fingerprint density at radius 3 is 2.37 bits per heavy atom. The maximum absolute atomic E-state index is 13.5. The summed E-state index contributed by atoms with van der Waals surface area (Å²) in [6.45, 7) is 4.30. The average Bonchev–Trinajstić information content (AvgIpc) is 3.67. The molecule has 1 aliphatic heterocycles. The Balaban J connectivity index is 1.28. The summed E-state index contributed by atoms with van der Waals surface area (Å²) in [5, 5.41) is 3.64. The van der Waals surface area contributed by atoms with E-state index in [-0.39, 0.29) is 11.4 Å². The van der Waals surface area contributed by atoms with Crippen LogP contribution in [0, 0.1) is 12.7 Å². The van der Waals surface area contributed by atoms with Crippen molar-refractivity contribution in [2.24, 2.45) is 0 Å². The van der Waals surface area contributed by atoms with Crippen molar-refractivity contribution in [3.05, 3.63) is 87.7 Å². The first-order valence-electron chi connectivity index (χ1n) is 13.1. The molecule has 2 aromatic carbocycles. The molecular weight excluding hydrogens is 505 g/mol. The summed E-state index contributed by atoms with van der Waals surface area (Å²) in [4.78, 5) is 20.0. The van der Waals surface area contributed by atoms with E-state index < -0.39 is 10.0 Å². The molecule has 1 aromatic heterocycles. The van der Waals surface area contributed by atoms with Gasteiger partial charge in [-0.3, -0.25) is 9.36 Å². The van der Waals surface area contributed by atoms with Crippen molar-refractivity contribution in [3.8, 4) is 5.69 Å². The predicted molar refractivity (Wildman–Crippen MR) is 147 cm³/mol. The van der Waals surface area contributed by atoms with Crippen molar-refractivity contribution in [2.75, 3.05) is 43.9 Å². The van der Waals surface area contributed by atoms with Crippen LogP contribution in [0.4, 0.5) is 10.2 Å². The highest BCUT2D eigenvalue weighted by atomic mass is 32.2. The van der Waals surface area contributed by atoms with Crippen LogP contribution in [0.1, 0.15) is 35.6 Å². The number of aromatic nitrogens is 2. The number of rotatable bonds is 9. The Morgan fingerprint density at radius 1 is 1.03 bits per heavy atom. The summed E-state index contributed by atoms with van der Waals surface area (Å²) in [5.74, 6) is 0.490. The SMILES string of the molecule is Cc1ccc([C@@H]2C[C@H]2NCCCc2cn(-c3ccc(F)cc3)c(=O)c(N3CCN(S(C)(=O)=O)CC3)n2)cc1. The van der Waals surface area contributed by atoms with Gasteiger partial charge in [0.2, 0.25) is 10.0 Å². The van der Waals surface area contributed by atoms with Gasteiger partial charge < -0.3 is 10.2 Å². The van der Waals surface area contributed by atoms with Gasteiger partial charge >= 0.3 is 0 Å². The van der Waals surface area contributed by atoms with Crippen molar-refractivity contribution < 1.29 is 12.8 Å². The van der Waals surface area contributed by atoms with Gasteiger partial charge in [0.05, 0.1) is 11.9 Å². The lowest BCUT2D eigenvalue weighted by Crippen LogP contribution is -2.50. The molecule has 0 radical (unpaired) electrons. The van der Waals surface area contributed by atoms with Crippen molar-refractivity contribution in [2.45, 2.75) is 38.1 Å². The summed E-state index contributed by atoms with van der Waals surface area (Å²) in [5.41, 5.74) is 3.67. The van der Waals surface area contributed by atoms with Crippen LogP contribution < -0.4 is 15.8 Å². The zero-order valence-corrected chi connectivity index (χ0v) is 22.6. The fourth-order valence-corrected chi connectivity index (χ4v) is 5.87. The molecule has 0 unspecified atom stereocenters. The van der Waals surface area contributed by atoms with E-state index >= 15 is 0 Å². The molecule has 5 rings (SSSR count). The molecule has 38 heavy (non-hydrogen) atoms. The molecule has 3 aromatic rings. The van der Waals surface area contributed by atoms with Gasteiger partial charge in [0, 0.05) is 50.0 Å². The third-order valence-electron chi connectivity index (χ3n) is 7.36. The second kappa shape index (κ2) is 11.0. The van der Waals surface area contributed by atoms with E-state index in [1.54, 1.807) is 18.3 Å². The molecule has 0 amide bonds. The number of nitrogens with zero attached hydrogens (tertiary/aromatic N) is 4. The molecule has 8 nitrogen and oxygen atoms in total. The third kappa shape index (κ3) is 6.14. The molecule has 0 spiro atoms. The van der Waals surface area contributed by atoms with E-state index in [2.05, 4.69) is 36.5 Å². The van der Waals surface area contributed by atoms with Gasteiger partial charge in [-0.05, 0) is 62.6 Å². The third-order valence-corrected chi connectivity index (χ3v) is 8.67. The molecule has 10 heteroatoms. The summed E-state index contributed by atoms with van der Waals surface area (Å²) in [7, 11) is -3.29. The van der Waals surface area contributed by atoms with Gasteiger partial charge in [0.25, 0.3) is 5.56 Å². The van der Waals surface area contributed by atoms with E-state index in [1.165, 1.54) is 38.4 Å². The van der Waals surface area contributed by atoms with Crippen LogP contribution in [0.15, 0.2) is 59.5 Å². The van der Waals surface area contributed by atoms with Crippen molar-refractivity contribution in [1.29, 1.82) is 0 Å². The van der Waals surface area contributed by atoms with Crippen LogP contribution >= 0.6 is 0 Å². The van der Waals surface area contributed by atoms with Gasteiger partial charge in [-0.15, -0.1) is 0 Å². The second-order valence-electron chi connectivity index (χ2n) is 10.3. The normalized spacial score (nSPS) is 20.0. The van der Waals surface area contributed by atoms with E-state index in [0.717, 1.165) is 25.1 Å². The molecule has 202 valence electrons. The van der Waals surface area contributed by atoms with Crippen LogP contribution in [0.3, 0.4) is 0 Å². The number of hydrogen-bond acceptors (Lipinski definition) is 6. The lowest BCUT2D eigenvalue weighted by Gasteiger charge is -2.33. The minimum Gasteiger partial charge on any atom is -0.349 e. The van der Waals surface area contributed by atoms with Crippen LogP contribution in [0.5, 0.6) is 0 Å². The monoisotopic (exact) mass is 539 g/mol. The predicted octanol–water partition coefficient (Wildman–Crippen LogP) is 2.84. The van der Waals surface area contributed by atoms with E-state index in [1.807, 2.05) is 4.90 Å². The molecule has 2 aliphatic rings. The maximum atomic E-state index is 13.5. The molecule has 2 fully saturated rings. The molecule has 0 bridgehead atoms. The lowest BCUT2D eigenvalue weighted by molar-refractivity contribution is 0.386. The highest BCUT2D eigenvalue weighted by Crippen LogP contribution is 2.40. The number of halogens is 1. The van der Waals surface area contributed by atoms with Gasteiger partial charge in [0.15, 0.2) is 5.82 Å². The zero-order chi connectivity index (χ0) is 26.9. The Morgan fingerprint density at radius 2 is 1.71 bits per heavy atom. The first-order chi connectivity index (χ1) is 18.2. The Bertz CT molecular complexity index is 1430. The highest BCUT2D eigenvalue weighted by molar-refractivity contribution is 7.88. The topological polar surface area (TPSA) is 87.5 Å². The summed E-state index contributed by atoms with van der Waals surface area (Å²) >= 11 is 0. The zero-order valence-electron chi connectivity index (χ0n) is 21.8. The largest absolute Gasteiger partial charge is 0.349 e. The Kier molecular flexibility index (Phi) is 7.65. The summed E-state index contributed by atoms with van der Waals surface area (Å²) in [6, 6.07) is 15.0. The van der Waals surface area contributed by atoms with Crippen molar-refractivity contribution in [1.82, 2.24) is 19.2 Å². The van der Waals surface area contributed by atoms with Gasteiger partial charge in [-0.1, -0.05) is 29.8 Å². The number of benzene rings is 2. The fraction of sp³-hybridized carbons (Fsp3) is 0.429. The smallest absolute Gasteiger partial charge is 0.298 e. The van der Waals surface area contributed by atoms with Crippen LogP contribution in [0.25, 0.3) is 5.69 Å². The minimum absolute atomic E-state index is 0.300. The van der Waals surface area contributed by atoms with Crippen LogP contribution in [-0.4, -0.2) is 67.3 Å². The van der Waals surface area contributed by atoms with E-state index in [4.69, 9.17) is 4.98 Å². The first-order valence-corrected chi connectivity index (χ1v) is 14.9. The minimum atomic E-state index is -3.29. The van der Waals surface area contributed by atoms with Crippen LogP contribution in [0.2, 0.25) is 0 Å². The summed E-state index contributed by atoms with van der Waals surface area (Å²) < 4.78 is 40.3. The number of sulfonamides is 1. The number of aryl methyl sites for hydroxylation is 2. The number of nitrogens with one attached hydrogen (secondary N) is 1. The molecule has 1 saturated heterocycles. The second-order valence-corrected chi connectivity index (χ2v) is 12.3. The number of piperazine rings is 1. The van der Waals surface area contributed by atoms with Gasteiger partial charge in [0.1, 0.15) is 5.82 Å². The Hall–Kier alpha value is -3.08. The fourth-order valence-electron chi connectivity index (χ4n) is 5.04. The van der Waals surface area contributed by atoms with Crippen LogP contribution in [-0.2, 0) is 16.4 Å². The quantitative estimate of drug-likeness (QED) is 0.421. The Labute approximate surface area is 223 Å². The van der Waals surface area contributed by atoms with Gasteiger partial charge in [-0.25, -0.2) is 17.8 Å². The van der Waals surface area contributed by atoms with E-state index in [9.17, 15) is 17.6 Å². The molecule has 2 atom stereocenters. The molecular formula is C28H34FN5O3S. The number of anilines is 1. The van der Waals surface area contributed by atoms with Crippen molar-refractivity contribution in [3.63, 3.8) is 0 Å². The first kappa shape index (κ1) is 26.5. The standard InChI is InChI=1S/C28H34FN5O3S/c1-20-5-7-21(8-6-20)25-18-26(25)30-13-3-4-23-19-34(24-11-9-22(29)10-12-24)28(35)27(31-23)32-14-16-33(17-15-32)38(2,36)37/h5-12,19,25-26,30H,3-4,13-18H2,1-2H3/t25-,26+/m0/s1. The maximum Gasteiger partial charge on any atom is 0.298 e. The molecule has 2 heterocycles. The van der Waals surface area contributed by atoms with E-state index in [0.29, 0.717) is 56.1 Å². The highest BCUT2D eigenvalue weighted by Gasteiger charge is 2.37. The summed E-state index contributed by atoms with van der Waals surface area (Å²) in [6.07, 6.45) is 5.60. The average molecular weight is 540 g/mol. The molecule has 1 N–H and O–H groups in total. The number of hydrogen-bond donors (Lipinski definition) is 1. The molecule has 1 aliphatic carbocycles. The van der Waals surface area contributed by atoms with Crippen molar-refractivity contribution >= 4 is 15.8 Å². The lowest BCUT2D eigenvalue weighted by atomic mass is 10.1.